The molecule has 0 unspecified atom stereocenters. The first-order valence-electron chi connectivity index (χ1n) is 15.5. The molecule has 9 heteroatoms. The average Bonchev–Trinajstić information content (AvgIpc) is 3.15. The maximum Gasteiger partial charge on any atom is 0.337 e. The van der Waals surface area contributed by atoms with Crippen LogP contribution in [0, 0.1) is 11.6 Å². The maximum atomic E-state index is 14.5. The molecule has 250 valence electrons. The van der Waals surface area contributed by atoms with Crippen LogP contribution in [0.3, 0.4) is 0 Å². The van der Waals surface area contributed by atoms with Gasteiger partial charge in [0.25, 0.3) is 0 Å². The van der Waals surface area contributed by atoms with Crippen molar-refractivity contribution >= 4 is 17.1 Å². The maximum absolute atomic E-state index is 14.5. The summed E-state index contributed by atoms with van der Waals surface area (Å²) in [4.78, 5) is 11.9. The SMILES string of the molecule is COC(=O)c1ccc(-c2cc(OC)ccc2F)c(C2=CCOCC2)c1.COc1ccc(F)c(-c2ccc(CO)cc2C2=CCOCC2)c1. The van der Waals surface area contributed by atoms with Crippen LogP contribution in [0.5, 0.6) is 11.5 Å². The van der Waals surface area contributed by atoms with E-state index in [1.54, 1.807) is 56.7 Å². The van der Waals surface area contributed by atoms with Crippen LogP contribution in [0.2, 0.25) is 0 Å². The number of rotatable bonds is 8. The van der Waals surface area contributed by atoms with E-state index in [1.807, 2.05) is 30.4 Å². The summed E-state index contributed by atoms with van der Waals surface area (Å²) in [6.07, 6.45) is 5.44. The van der Waals surface area contributed by atoms with Crippen molar-refractivity contribution in [2.45, 2.75) is 19.4 Å². The van der Waals surface area contributed by atoms with Crippen molar-refractivity contribution in [3.63, 3.8) is 0 Å². The summed E-state index contributed by atoms with van der Waals surface area (Å²) >= 11 is 0. The van der Waals surface area contributed by atoms with E-state index < -0.39 is 5.97 Å². The van der Waals surface area contributed by atoms with Gasteiger partial charge in [-0.1, -0.05) is 30.4 Å². The van der Waals surface area contributed by atoms with Crippen molar-refractivity contribution in [3.05, 3.63) is 119 Å². The summed E-state index contributed by atoms with van der Waals surface area (Å²) in [7, 11) is 4.44. The van der Waals surface area contributed by atoms with Crippen LogP contribution in [0.15, 0.2) is 84.9 Å². The van der Waals surface area contributed by atoms with Gasteiger partial charge in [-0.2, -0.15) is 0 Å². The Bertz CT molecular complexity index is 1830. The van der Waals surface area contributed by atoms with Gasteiger partial charge < -0.3 is 28.8 Å². The fourth-order valence-corrected chi connectivity index (χ4v) is 5.70. The number of aliphatic hydroxyl groups is 1. The highest BCUT2D eigenvalue weighted by Crippen LogP contribution is 2.37. The molecule has 0 spiro atoms. The number of hydrogen-bond donors (Lipinski definition) is 1. The Morgan fingerprint density at radius 2 is 1.19 bits per heavy atom. The molecule has 0 saturated heterocycles. The summed E-state index contributed by atoms with van der Waals surface area (Å²) in [6, 6.07) is 20.1. The lowest BCUT2D eigenvalue weighted by molar-refractivity contribution is 0.0600. The van der Waals surface area contributed by atoms with E-state index in [-0.39, 0.29) is 18.2 Å². The molecule has 2 aliphatic rings. The Kier molecular flexibility index (Phi) is 11.7. The summed E-state index contributed by atoms with van der Waals surface area (Å²) in [5.41, 5.74) is 7.54. The number of hydrogen-bond acceptors (Lipinski definition) is 7. The standard InChI is InChI=1S/C20H19FO4.C19H19FO3/c1-23-15-4-6-19(21)18(12-15)16-5-3-14(20(22)24-2)11-17(16)13-7-9-25-10-8-13;1-22-15-3-5-19(20)18(11-15)16-4-2-13(12-21)10-17(16)14-6-8-23-9-7-14/h3-7,11-12H,8-10H2,1-2H3;2-6,10-11,21H,7-9,12H2,1H3. The number of methoxy groups -OCH3 is 3. The van der Waals surface area contributed by atoms with Gasteiger partial charge in [0.1, 0.15) is 23.1 Å². The molecule has 0 aliphatic carbocycles. The number of benzene rings is 4. The smallest absolute Gasteiger partial charge is 0.337 e. The molecular weight excluding hydrogens is 618 g/mol. The van der Waals surface area contributed by atoms with Crippen molar-refractivity contribution in [2.24, 2.45) is 0 Å². The van der Waals surface area contributed by atoms with E-state index in [2.05, 4.69) is 0 Å². The minimum Gasteiger partial charge on any atom is -0.497 e. The largest absolute Gasteiger partial charge is 0.497 e. The molecule has 0 saturated carbocycles. The molecule has 0 atom stereocenters. The van der Waals surface area contributed by atoms with Gasteiger partial charge in [0.05, 0.1) is 59.9 Å². The highest BCUT2D eigenvalue weighted by Gasteiger charge is 2.19. The van der Waals surface area contributed by atoms with Crippen LogP contribution in [0.4, 0.5) is 8.78 Å². The molecule has 0 bridgehead atoms. The Labute approximate surface area is 279 Å². The third-order valence-corrected chi connectivity index (χ3v) is 8.25. The number of esters is 1. The third kappa shape index (κ3) is 7.99. The molecule has 0 aromatic heterocycles. The number of carbonyl (C=O) groups is 1. The highest BCUT2D eigenvalue weighted by molar-refractivity contribution is 5.93. The van der Waals surface area contributed by atoms with Crippen molar-refractivity contribution in [2.75, 3.05) is 47.8 Å². The van der Waals surface area contributed by atoms with E-state index in [1.165, 1.54) is 19.2 Å². The van der Waals surface area contributed by atoms with Crippen LogP contribution >= 0.6 is 0 Å². The fourth-order valence-electron chi connectivity index (χ4n) is 5.70. The molecule has 0 radical (unpaired) electrons. The molecule has 2 heterocycles. The second kappa shape index (κ2) is 16.3. The lowest BCUT2D eigenvalue weighted by Crippen LogP contribution is -2.07. The zero-order chi connectivity index (χ0) is 34.0. The van der Waals surface area contributed by atoms with E-state index >= 15 is 0 Å². The van der Waals surface area contributed by atoms with Crippen LogP contribution in [0.1, 0.15) is 39.9 Å². The first-order chi connectivity index (χ1) is 23.4. The van der Waals surface area contributed by atoms with Gasteiger partial charge in [0.15, 0.2) is 0 Å². The Morgan fingerprint density at radius 1 is 0.667 bits per heavy atom. The zero-order valence-electron chi connectivity index (χ0n) is 27.2. The minimum atomic E-state index is -0.424. The molecule has 4 aromatic rings. The van der Waals surface area contributed by atoms with Gasteiger partial charge >= 0.3 is 5.97 Å². The lowest BCUT2D eigenvalue weighted by Gasteiger charge is -2.19. The summed E-state index contributed by atoms with van der Waals surface area (Å²) in [6.45, 7) is 2.25. The molecule has 6 rings (SSSR count). The molecule has 48 heavy (non-hydrogen) atoms. The van der Waals surface area contributed by atoms with Crippen molar-refractivity contribution < 1.29 is 42.4 Å². The Hall–Kier alpha value is -4.83. The molecule has 0 amide bonds. The molecule has 1 N–H and O–H groups in total. The van der Waals surface area contributed by atoms with Gasteiger partial charge in [-0.3, -0.25) is 0 Å². The minimum absolute atomic E-state index is 0.0440. The first-order valence-corrected chi connectivity index (χ1v) is 15.5. The summed E-state index contributed by atoms with van der Waals surface area (Å²) < 4.78 is 54.8. The topological polar surface area (TPSA) is 83.5 Å². The van der Waals surface area contributed by atoms with Gasteiger partial charge in [-0.25, -0.2) is 13.6 Å². The van der Waals surface area contributed by atoms with Gasteiger partial charge in [0.2, 0.25) is 0 Å². The summed E-state index contributed by atoms with van der Waals surface area (Å²) in [5.74, 6) is 0.114. The van der Waals surface area contributed by atoms with Gasteiger partial charge in [-0.05, 0) is 106 Å². The van der Waals surface area contributed by atoms with Crippen LogP contribution in [-0.4, -0.2) is 58.8 Å². The van der Waals surface area contributed by atoms with Gasteiger partial charge in [0, 0.05) is 11.1 Å². The first kappa shape index (κ1) is 34.5. The average molecular weight is 657 g/mol. The van der Waals surface area contributed by atoms with E-state index in [9.17, 15) is 18.7 Å². The van der Waals surface area contributed by atoms with E-state index in [4.69, 9.17) is 23.7 Å². The quantitative estimate of drug-likeness (QED) is 0.193. The molecule has 7 nitrogen and oxygen atoms in total. The van der Waals surface area contributed by atoms with Crippen LogP contribution < -0.4 is 9.47 Å². The number of carbonyl (C=O) groups excluding carboxylic acids is 1. The van der Waals surface area contributed by atoms with Crippen LogP contribution in [-0.2, 0) is 20.8 Å². The lowest BCUT2D eigenvalue weighted by atomic mass is 9.90. The normalized spacial score (nSPS) is 14.2. The summed E-state index contributed by atoms with van der Waals surface area (Å²) in [5, 5.41) is 9.42. The van der Waals surface area contributed by atoms with E-state index in [0.717, 1.165) is 39.8 Å². The molecule has 2 aliphatic heterocycles. The second-order valence-corrected chi connectivity index (χ2v) is 11.1. The Balaban J connectivity index is 0.000000188. The zero-order valence-corrected chi connectivity index (χ0v) is 27.2. The molecule has 4 aromatic carbocycles. The third-order valence-electron chi connectivity index (χ3n) is 8.25. The van der Waals surface area contributed by atoms with Gasteiger partial charge in [-0.15, -0.1) is 0 Å². The number of ether oxygens (including phenoxy) is 5. The fraction of sp³-hybridized carbons (Fsp3) is 0.256. The van der Waals surface area contributed by atoms with E-state index in [0.29, 0.717) is 66.6 Å². The number of aliphatic hydroxyl groups excluding tert-OH is 1. The predicted octanol–water partition coefficient (Wildman–Crippen LogP) is 7.89. The van der Waals surface area contributed by atoms with Crippen molar-refractivity contribution in [3.8, 4) is 33.8 Å². The van der Waals surface area contributed by atoms with Crippen molar-refractivity contribution in [1.82, 2.24) is 0 Å². The predicted molar refractivity (Wildman–Crippen MR) is 181 cm³/mol. The Morgan fingerprint density at radius 3 is 1.65 bits per heavy atom. The van der Waals surface area contributed by atoms with Crippen LogP contribution in [0.25, 0.3) is 33.4 Å². The monoisotopic (exact) mass is 656 g/mol. The molecule has 0 fully saturated rings. The number of halogens is 2. The molecular formula is C39H38F2O7. The second-order valence-electron chi connectivity index (χ2n) is 11.1. The highest BCUT2D eigenvalue weighted by atomic mass is 19.1. The van der Waals surface area contributed by atoms with Crippen molar-refractivity contribution in [1.29, 1.82) is 0 Å².